The van der Waals surface area contributed by atoms with Crippen LogP contribution in [0.5, 0.6) is 0 Å². The van der Waals surface area contributed by atoms with Crippen LogP contribution in [0.25, 0.3) is 21.7 Å². The minimum atomic E-state index is -0.915. The van der Waals surface area contributed by atoms with Crippen LogP contribution >= 0.6 is 0 Å². The molecular formula is C30H29FN2O3. The van der Waals surface area contributed by atoms with Crippen LogP contribution in [0.3, 0.4) is 0 Å². The van der Waals surface area contributed by atoms with Gasteiger partial charge in [-0.05, 0) is 78.1 Å². The number of rotatable bonds is 7. The van der Waals surface area contributed by atoms with Crippen molar-refractivity contribution in [3.8, 4) is 0 Å². The van der Waals surface area contributed by atoms with E-state index in [9.17, 15) is 19.1 Å². The first-order valence-corrected chi connectivity index (χ1v) is 12.8. The lowest BCUT2D eigenvalue weighted by atomic mass is 9.89. The normalized spacial score (nSPS) is 17.3. The van der Waals surface area contributed by atoms with Crippen molar-refractivity contribution in [1.82, 2.24) is 9.47 Å². The molecule has 4 aromatic rings. The van der Waals surface area contributed by atoms with E-state index in [1.807, 2.05) is 28.8 Å². The van der Waals surface area contributed by atoms with Gasteiger partial charge in [0, 0.05) is 29.2 Å². The number of benzene rings is 3. The van der Waals surface area contributed by atoms with Crippen LogP contribution in [-0.2, 0) is 35.4 Å². The third-order valence-corrected chi connectivity index (χ3v) is 7.83. The first-order valence-electron chi connectivity index (χ1n) is 12.8. The van der Waals surface area contributed by atoms with Crippen molar-refractivity contribution in [2.45, 2.75) is 51.1 Å². The topological polar surface area (TPSA) is 62.5 Å². The summed E-state index contributed by atoms with van der Waals surface area (Å²) in [7, 11) is 0. The zero-order chi connectivity index (χ0) is 24.8. The number of carbonyl (C=O) groups is 2. The van der Waals surface area contributed by atoms with E-state index in [-0.39, 0.29) is 24.3 Å². The van der Waals surface area contributed by atoms with Gasteiger partial charge in [-0.3, -0.25) is 9.59 Å². The summed E-state index contributed by atoms with van der Waals surface area (Å²) in [6.45, 7) is 0.611. The Morgan fingerprint density at radius 1 is 1.00 bits per heavy atom. The highest BCUT2D eigenvalue weighted by atomic mass is 19.1. The predicted molar refractivity (Wildman–Crippen MR) is 137 cm³/mol. The Kier molecular flexibility index (Phi) is 5.75. The maximum absolute atomic E-state index is 14.2. The van der Waals surface area contributed by atoms with E-state index in [2.05, 4.69) is 23.1 Å². The maximum atomic E-state index is 14.2. The van der Waals surface area contributed by atoms with Crippen molar-refractivity contribution in [2.75, 3.05) is 6.54 Å². The van der Waals surface area contributed by atoms with Gasteiger partial charge in [0.2, 0.25) is 5.91 Å². The van der Waals surface area contributed by atoms with Crippen LogP contribution in [-0.4, -0.2) is 39.0 Å². The van der Waals surface area contributed by atoms with Crippen LogP contribution in [0.4, 0.5) is 4.39 Å². The number of carbonyl (C=O) groups excluding carboxylic acids is 1. The molecule has 3 aromatic carbocycles. The largest absolute Gasteiger partial charge is 0.480 e. The van der Waals surface area contributed by atoms with Gasteiger partial charge in [0.1, 0.15) is 12.4 Å². The van der Waals surface area contributed by atoms with Gasteiger partial charge < -0.3 is 14.6 Å². The average Bonchev–Trinajstić information content (AvgIpc) is 3.65. The number of amides is 1. The average molecular weight is 485 g/mol. The van der Waals surface area contributed by atoms with Gasteiger partial charge in [-0.2, -0.15) is 0 Å². The van der Waals surface area contributed by atoms with Crippen LogP contribution in [0.2, 0.25) is 0 Å². The molecule has 6 heteroatoms. The maximum Gasteiger partial charge on any atom is 0.323 e. The number of halogens is 1. The standard InChI is InChI=1S/C30H29FN2O3/c31-22-10-12-27-25(15-22)26-16-23(11-13-28(26)33(27)18-30(35)36)32(17-19-8-9-19)29(34)14-21-6-3-5-20-4-1-2-7-24(20)21/h1-7,10,12,15,19,23H,8-9,11,13-14,16-18H2,(H,35,36). The lowest BCUT2D eigenvalue weighted by molar-refractivity contribution is -0.137. The molecule has 0 aliphatic heterocycles. The zero-order valence-electron chi connectivity index (χ0n) is 20.1. The Labute approximate surface area is 209 Å². The second-order valence-electron chi connectivity index (χ2n) is 10.3. The van der Waals surface area contributed by atoms with Crippen LogP contribution in [0, 0.1) is 11.7 Å². The fourth-order valence-electron chi connectivity index (χ4n) is 5.93. The van der Waals surface area contributed by atoms with Gasteiger partial charge in [0.05, 0.1) is 6.42 Å². The number of aliphatic carboxylic acids is 1. The van der Waals surface area contributed by atoms with Crippen molar-refractivity contribution in [3.05, 3.63) is 83.3 Å². The van der Waals surface area contributed by atoms with Gasteiger partial charge in [-0.25, -0.2) is 4.39 Å². The molecule has 0 saturated heterocycles. The van der Waals surface area contributed by atoms with Crippen molar-refractivity contribution in [2.24, 2.45) is 5.92 Å². The number of aromatic nitrogens is 1. The molecule has 1 amide bonds. The number of fused-ring (bicyclic) bond motifs is 4. The fourth-order valence-corrected chi connectivity index (χ4v) is 5.93. The molecule has 36 heavy (non-hydrogen) atoms. The highest BCUT2D eigenvalue weighted by molar-refractivity contribution is 5.91. The Balaban J connectivity index is 1.33. The Bertz CT molecular complexity index is 1480. The summed E-state index contributed by atoms with van der Waals surface area (Å²) in [6.07, 6.45) is 4.73. The number of nitrogens with zero attached hydrogens (tertiary/aromatic N) is 2. The first-order chi connectivity index (χ1) is 17.5. The molecule has 1 aromatic heterocycles. The SMILES string of the molecule is O=C(O)Cn1c2c(c3cc(F)ccc31)CC(N(CC1CC1)C(=O)Cc1cccc3ccccc13)CC2. The molecule has 1 atom stereocenters. The minimum absolute atomic E-state index is 0.0210. The summed E-state index contributed by atoms with van der Waals surface area (Å²) in [5, 5.41) is 12.5. The molecule has 1 unspecified atom stereocenters. The van der Waals surface area contributed by atoms with Gasteiger partial charge in [-0.1, -0.05) is 42.5 Å². The third-order valence-electron chi connectivity index (χ3n) is 7.83. The lowest BCUT2D eigenvalue weighted by Crippen LogP contribution is -2.45. The van der Waals surface area contributed by atoms with Crippen molar-refractivity contribution < 1.29 is 19.1 Å². The van der Waals surface area contributed by atoms with Crippen molar-refractivity contribution in [1.29, 1.82) is 0 Å². The summed E-state index contributed by atoms with van der Waals surface area (Å²) < 4.78 is 16.0. The summed E-state index contributed by atoms with van der Waals surface area (Å²) in [4.78, 5) is 27.4. The Morgan fingerprint density at radius 2 is 1.81 bits per heavy atom. The summed E-state index contributed by atoms with van der Waals surface area (Å²) in [5.74, 6) is -0.565. The summed E-state index contributed by atoms with van der Waals surface area (Å²) in [6, 6.07) is 18.9. The smallest absolute Gasteiger partial charge is 0.323 e. The van der Waals surface area contributed by atoms with E-state index in [0.717, 1.165) is 64.3 Å². The fraction of sp³-hybridized carbons (Fsp3) is 0.333. The van der Waals surface area contributed by atoms with Crippen LogP contribution in [0.1, 0.15) is 36.1 Å². The van der Waals surface area contributed by atoms with E-state index in [0.29, 0.717) is 25.2 Å². The molecule has 0 bridgehead atoms. The highest BCUT2D eigenvalue weighted by Crippen LogP contribution is 2.37. The van der Waals surface area contributed by atoms with Gasteiger partial charge >= 0.3 is 5.97 Å². The lowest BCUT2D eigenvalue weighted by Gasteiger charge is -2.35. The molecule has 0 radical (unpaired) electrons. The molecule has 6 rings (SSSR count). The van der Waals surface area contributed by atoms with E-state index in [4.69, 9.17) is 0 Å². The second-order valence-corrected chi connectivity index (χ2v) is 10.3. The molecule has 1 fully saturated rings. The first kappa shape index (κ1) is 22.8. The molecule has 184 valence electrons. The number of carboxylic acid groups (broad SMARTS) is 1. The Morgan fingerprint density at radius 3 is 2.61 bits per heavy atom. The van der Waals surface area contributed by atoms with Gasteiger partial charge in [0.15, 0.2) is 0 Å². The van der Waals surface area contributed by atoms with E-state index in [1.54, 1.807) is 6.07 Å². The molecule has 0 spiro atoms. The van der Waals surface area contributed by atoms with E-state index < -0.39 is 5.97 Å². The molecule has 1 heterocycles. The summed E-state index contributed by atoms with van der Waals surface area (Å²) in [5.41, 5.74) is 3.73. The quantitative estimate of drug-likeness (QED) is 0.384. The van der Waals surface area contributed by atoms with Crippen LogP contribution < -0.4 is 0 Å². The molecular weight excluding hydrogens is 455 g/mol. The third kappa shape index (κ3) is 4.25. The number of hydrogen-bond acceptors (Lipinski definition) is 2. The monoisotopic (exact) mass is 484 g/mol. The summed E-state index contributed by atoms with van der Waals surface area (Å²) >= 11 is 0. The molecule has 1 N–H and O–H groups in total. The highest BCUT2D eigenvalue weighted by Gasteiger charge is 2.35. The van der Waals surface area contributed by atoms with E-state index >= 15 is 0 Å². The minimum Gasteiger partial charge on any atom is -0.480 e. The van der Waals surface area contributed by atoms with Crippen molar-refractivity contribution >= 4 is 33.6 Å². The van der Waals surface area contributed by atoms with Crippen LogP contribution in [0.15, 0.2) is 60.7 Å². The van der Waals surface area contributed by atoms with Crippen molar-refractivity contribution in [3.63, 3.8) is 0 Å². The second kappa shape index (κ2) is 9.08. The number of carboxylic acids is 1. The number of hydrogen-bond donors (Lipinski definition) is 1. The Hall–Kier alpha value is -3.67. The van der Waals surface area contributed by atoms with Gasteiger partial charge in [0.25, 0.3) is 0 Å². The molecule has 2 aliphatic carbocycles. The zero-order valence-corrected chi connectivity index (χ0v) is 20.1. The molecule has 2 aliphatic rings. The van der Waals surface area contributed by atoms with Gasteiger partial charge in [-0.15, -0.1) is 0 Å². The van der Waals surface area contributed by atoms with E-state index in [1.165, 1.54) is 12.1 Å². The molecule has 1 saturated carbocycles. The molecule has 5 nitrogen and oxygen atoms in total. The predicted octanol–water partition coefficient (Wildman–Crippen LogP) is 5.36.